The van der Waals surface area contributed by atoms with E-state index >= 15 is 0 Å². The summed E-state index contributed by atoms with van der Waals surface area (Å²) in [5, 5.41) is 4.58. The standard InChI is InChI=1S/C24H23N5O3/c1-31-19-12-16(13-25-14-19)21-15-27-24(30)22-20(21)6-7-26-23(22)28-17-2-4-18(5-3-17)29-8-10-32-11-9-29/h2-7,12-15H,8-11H2,1H3,(H,26,28)(H,27,30). The lowest BCUT2D eigenvalue weighted by Crippen LogP contribution is -2.36. The quantitative estimate of drug-likeness (QED) is 0.501. The van der Waals surface area contributed by atoms with Crippen molar-refractivity contribution >= 4 is 28.0 Å². The number of hydrogen-bond acceptors (Lipinski definition) is 7. The van der Waals surface area contributed by atoms with E-state index in [0.29, 0.717) is 17.0 Å². The van der Waals surface area contributed by atoms with Gasteiger partial charge in [-0.05, 0) is 36.4 Å². The highest BCUT2D eigenvalue weighted by Gasteiger charge is 2.14. The van der Waals surface area contributed by atoms with Gasteiger partial charge < -0.3 is 24.7 Å². The normalized spacial score (nSPS) is 13.8. The Labute approximate surface area is 184 Å². The number of H-pyrrole nitrogens is 1. The first-order valence-electron chi connectivity index (χ1n) is 10.4. The van der Waals surface area contributed by atoms with Gasteiger partial charge in [0, 0.05) is 59.6 Å². The summed E-state index contributed by atoms with van der Waals surface area (Å²) in [6, 6.07) is 11.8. The number of benzene rings is 1. The summed E-state index contributed by atoms with van der Waals surface area (Å²) in [4.78, 5) is 26.6. The van der Waals surface area contributed by atoms with Crippen LogP contribution >= 0.6 is 0 Å². The molecule has 8 nitrogen and oxygen atoms in total. The minimum absolute atomic E-state index is 0.208. The van der Waals surface area contributed by atoms with Gasteiger partial charge in [-0.2, -0.15) is 0 Å². The maximum Gasteiger partial charge on any atom is 0.259 e. The van der Waals surface area contributed by atoms with E-state index in [0.717, 1.165) is 54.2 Å². The fraction of sp³-hybridized carbons (Fsp3) is 0.208. The van der Waals surface area contributed by atoms with Crippen LogP contribution in [0.2, 0.25) is 0 Å². The van der Waals surface area contributed by atoms with Gasteiger partial charge in [-0.15, -0.1) is 0 Å². The van der Waals surface area contributed by atoms with E-state index in [1.807, 2.05) is 24.3 Å². The molecule has 1 saturated heterocycles. The molecule has 2 N–H and O–H groups in total. The van der Waals surface area contributed by atoms with Gasteiger partial charge in [0.05, 0.1) is 31.9 Å². The molecule has 8 heteroatoms. The highest BCUT2D eigenvalue weighted by atomic mass is 16.5. The monoisotopic (exact) mass is 429 g/mol. The fourth-order valence-electron chi connectivity index (χ4n) is 3.93. The molecule has 4 aromatic rings. The molecule has 162 valence electrons. The molecule has 0 atom stereocenters. The van der Waals surface area contributed by atoms with Crippen molar-refractivity contribution in [3.8, 4) is 16.9 Å². The van der Waals surface area contributed by atoms with Crippen LogP contribution in [0, 0.1) is 0 Å². The van der Waals surface area contributed by atoms with Crippen molar-refractivity contribution in [2.24, 2.45) is 0 Å². The Hall–Kier alpha value is -3.91. The van der Waals surface area contributed by atoms with Crippen LogP contribution in [-0.2, 0) is 4.74 Å². The molecule has 0 aliphatic carbocycles. The van der Waals surface area contributed by atoms with E-state index in [-0.39, 0.29) is 5.56 Å². The lowest BCUT2D eigenvalue weighted by Gasteiger charge is -2.28. The van der Waals surface area contributed by atoms with Gasteiger partial charge in [-0.25, -0.2) is 4.98 Å². The molecule has 5 rings (SSSR count). The van der Waals surface area contributed by atoms with Crippen molar-refractivity contribution in [1.29, 1.82) is 0 Å². The van der Waals surface area contributed by atoms with Crippen molar-refractivity contribution in [2.45, 2.75) is 0 Å². The summed E-state index contributed by atoms with van der Waals surface area (Å²) in [7, 11) is 1.60. The number of nitrogens with one attached hydrogen (secondary N) is 2. The molecule has 1 aromatic carbocycles. The first-order chi connectivity index (χ1) is 15.7. The molecule has 1 aliphatic rings. The summed E-state index contributed by atoms with van der Waals surface area (Å²) in [5.74, 6) is 1.15. The van der Waals surface area contributed by atoms with E-state index in [2.05, 4.69) is 37.3 Å². The van der Waals surface area contributed by atoms with Crippen molar-refractivity contribution in [1.82, 2.24) is 15.0 Å². The van der Waals surface area contributed by atoms with Gasteiger partial charge in [0.25, 0.3) is 5.56 Å². The Kier molecular flexibility index (Phi) is 5.43. The van der Waals surface area contributed by atoms with Crippen LogP contribution in [0.25, 0.3) is 21.9 Å². The summed E-state index contributed by atoms with van der Waals surface area (Å²) in [6.07, 6.45) is 6.78. The SMILES string of the molecule is COc1cncc(-c2c[nH]c(=O)c3c(Nc4ccc(N5CCOCC5)cc4)nccc23)c1. The predicted octanol–water partition coefficient (Wildman–Crippen LogP) is 3.57. The molecule has 1 aliphatic heterocycles. The van der Waals surface area contributed by atoms with E-state index < -0.39 is 0 Å². The molecular weight excluding hydrogens is 406 g/mol. The maximum absolute atomic E-state index is 12.8. The number of ether oxygens (including phenoxy) is 2. The molecule has 0 bridgehead atoms. The van der Waals surface area contributed by atoms with Crippen LogP contribution in [0.3, 0.4) is 0 Å². The topological polar surface area (TPSA) is 92.4 Å². The van der Waals surface area contributed by atoms with Gasteiger partial charge in [0.2, 0.25) is 0 Å². The molecule has 0 amide bonds. The molecule has 3 aromatic heterocycles. The van der Waals surface area contributed by atoms with Crippen molar-refractivity contribution in [3.63, 3.8) is 0 Å². The van der Waals surface area contributed by atoms with Gasteiger partial charge in [0.15, 0.2) is 0 Å². The summed E-state index contributed by atoms with van der Waals surface area (Å²) < 4.78 is 10.7. The lowest BCUT2D eigenvalue weighted by molar-refractivity contribution is 0.122. The average Bonchev–Trinajstić information content (AvgIpc) is 2.85. The number of anilines is 3. The van der Waals surface area contributed by atoms with Crippen LogP contribution in [-0.4, -0.2) is 48.4 Å². The number of nitrogens with zero attached hydrogens (tertiary/aromatic N) is 3. The highest BCUT2D eigenvalue weighted by Crippen LogP contribution is 2.31. The van der Waals surface area contributed by atoms with Crippen molar-refractivity contribution in [3.05, 3.63) is 71.5 Å². The van der Waals surface area contributed by atoms with Crippen LogP contribution in [0.4, 0.5) is 17.2 Å². The zero-order valence-corrected chi connectivity index (χ0v) is 17.7. The van der Waals surface area contributed by atoms with Gasteiger partial charge in [0.1, 0.15) is 11.6 Å². The lowest BCUT2D eigenvalue weighted by atomic mass is 10.0. The van der Waals surface area contributed by atoms with E-state index in [1.54, 1.807) is 31.9 Å². The Morgan fingerprint density at radius 1 is 1.12 bits per heavy atom. The minimum atomic E-state index is -0.208. The second-order valence-corrected chi connectivity index (χ2v) is 7.50. The third kappa shape index (κ3) is 3.88. The second-order valence-electron chi connectivity index (χ2n) is 7.50. The summed E-state index contributed by atoms with van der Waals surface area (Å²) in [5.41, 5.74) is 3.49. The number of aromatic nitrogens is 3. The van der Waals surface area contributed by atoms with E-state index in [4.69, 9.17) is 9.47 Å². The summed E-state index contributed by atoms with van der Waals surface area (Å²) in [6.45, 7) is 3.26. The largest absolute Gasteiger partial charge is 0.495 e. The Morgan fingerprint density at radius 3 is 2.72 bits per heavy atom. The van der Waals surface area contributed by atoms with Crippen LogP contribution in [0.1, 0.15) is 0 Å². The Balaban J connectivity index is 1.50. The zero-order chi connectivity index (χ0) is 21.9. The molecule has 0 saturated carbocycles. The third-order valence-corrected chi connectivity index (χ3v) is 5.58. The van der Waals surface area contributed by atoms with Crippen molar-refractivity contribution < 1.29 is 9.47 Å². The molecule has 4 heterocycles. The predicted molar refractivity (Wildman–Crippen MR) is 125 cm³/mol. The highest BCUT2D eigenvalue weighted by molar-refractivity contribution is 6.01. The van der Waals surface area contributed by atoms with Crippen LogP contribution in [0.15, 0.2) is 66.0 Å². The van der Waals surface area contributed by atoms with Gasteiger partial charge >= 0.3 is 0 Å². The number of pyridine rings is 3. The first kappa shape index (κ1) is 20.0. The zero-order valence-electron chi connectivity index (χ0n) is 17.7. The molecule has 0 radical (unpaired) electrons. The number of aromatic amines is 1. The van der Waals surface area contributed by atoms with Gasteiger partial charge in [-0.3, -0.25) is 9.78 Å². The number of methoxy groups -OCH3 is 1. The van der Waals surface area contributed by atoms with Crippen LogP contribution in [0.5, 0.6) is 5.75 Å². The molecular formula is C24H23N5O3. The number of morpholine rings is 1. The van der Waals surface area contributed by atoms with Gasteiger partial charge in [-0.1, -0.05) is 0 Å². The minimum Gasteiger partial charge on any atom is -0.495 e. The summed E-state index contributed by atoms with van der Waals surface area (Å²) >= 11 is 0. The van der Waals surface area contributed by atoms with E-state index in [1.165, 1.54) is 0 Å². The second kappa shape index (κ2) is 8.68. The fourth-order valence-corrected chi connectivity index (χ4v) is 3.93. The Bertz CT molecular complexity index is 1300. The number of fused-ring (bicyclic) bond motifs is 1. The van der Waals surface area contributed by atoms with E-state index in [9.17, 15) is 4.79 Å². The molecule has 1 fully saturated rings. The Morgan fingerprint density at radius 2 is 1.94 bits per heavy atom. The average molecular weight is 429 g/mol. The number of rotatable bonds is 5. The maximum atomic E-state index is 12.8. The number of hydrogen-bond donors (Lipinski definition) is 2. The smallest absolute Gasteiger partial charge is 0.259 e. The van der Waals surface area contributed by atoms with Crippen LogP contribution < -0.4 is 20.5 Å². The van der Waals surface area contributed by atoms with Crippen molar-refractivity contribution in [2.75, 3.05) is 43.6 Å². The first-order valence-corrected chi connectivity index (χ1v) is 10.4. The molecule has 0 spiro atoms. The molecule has 32 heavy (non-hydrogen) atoms. The molecule has 0 unspecified atom stereocenters. The third-order valence-electron chi connectivity index (χ3n) is 5.58.